The van der Waals surface area contributed by atoms with Gasteiger partial charge in [0.2, 0.25) is 0 Å². The molecule has 0 bridgehead atoms. The summed E-state index contributed by atoms with van der Waals surface area (Å²) in [5.41, 5.74) is 2.67. The fraction of sp³-hybridized carbons (Fsp3) is 0. The van der Waals surface area contributed by atoms with Gasteiger partial charge in [0.25, 0.3) is 0 Å². The minimum absolute atomic E-state index is 0.606. The van der Waals surface area contributed by atoms with Crippen molar-refractivity contribution in [2.24, 2.45) is 0 Å². The van der Waals surface area contributed by atoms with Gasteiger partial charge in [0.05, 0.1) is 0 Å². The number of aldehydes is 1. The van der Waals surface area contributed by atoms with E-state index in [1.807, 2.05) is 22.9 Å². The zero-order valence-corrected chi connectivity index (χ0v) is 8.81. The van der Waals surface area contributed by atoms with Crippen LogP contribution in [0.3, 0.4) is 0 Å². The van der Waals surface area contributed by atoms with Crippen LogP contribution >= 0.6 is 22.9 Å². The van der Waals surface area contributed by atoms with E-state index in [0.717, 1.165) is 17.4 Å². The predicted molar refractivity (Wildman–Crippen MR) is 60.2 cm³/mol. The van der Waals surface area contributed by atoms with Gasteiger partial charge in [-0.15, -0.1) is 0 Å². The molecule has 0 saturated heterocycles. The lowest BCUT2D eigenvalue weighted by atomic mass is 10.1. The molecule has 0 unspecified atom stereocenters. The Morgan fingerprint density at radius 2 is 2.14 bits per heavy atom. The quantitative estimate of drug-likeness (QED) is 0.705. The van der Waals surface area contributed by atoms with E-state index in [1.54, 1.807) is 23.5 Å². The number of benzene rings is 1. The van der Waals surface area contributed by atoms with E-state index in [1.165, 1.54) is 0 Å². The van der Waals surface area contributed by atoms with Gasteiger partial charge in [0.1, 0.15) is 6.29 Å². The average Bonchev–Trinajstić information content (AvgIpc) is 2.70. The summed E-state index contributed by atoms with van der Waals surface area (Å²) in [6, 6.07) is 7.33. The molecular weight excluding hydrogens is 216 g/mol. The first-order valence-electron chi connectivity index (χ1n) is 4.08. The molecule has 0 fully saturated rings. The molecule has 0 aliphatic heterocycles. The van der Waals surface area contributed by atoms with Crippen molar-refractivity contribution in [1.29, 1.82) is 0 Å². The zero-order chi connectivity index (χ0) is 9.97. The topological polar surface area (TPSA) is 17.1 Å². The zero-order valence-electron chi connectivity index (χ0n) is 7.24. The van der Waals surface area contributed by atoms with E-state index >= 15 is 0 Å². The molecule has 1 aromatic carbocycles. The number of hydrogen-bond donors (Lipinski definition) is 0. The summed E-state index contributed by atoms with van der Waals surface area (Å²) in [6.45, 7) is 0. The van der Waals surface area contributed by atoms with Crippen LogP contribution in [0.15, 0.2) is 35.0 Å². The van der Waals surface area contributed by atoms with Crippen LogP contribution in [0.25, 0.3) is 11.1 Å². The van der Waals surface area contributed by atoms with Crippen LogP contribution in [0, 0.1) is 0 Å². The van der Waals surface area contributed by atoms with Crippen molar-refractivity contribution in [2.45, 2.75) is 0 Å². The van der Waals surface area contributed by atoms with Gasteiger partial charge in [0, 0.05) is 16.1 Å². The Balaban J connectivity index is 2.51. The summed E-state index contributed by atoms with van der Waals surface area (Å²) in [5.74, 6) is 0. The summed E-state index contributed by atoms with van der Waals surface area (Å²) in [7, 11) is 0. The third-order valence-electron chi connectivity index (χ3n) is 1.96. The Morgan fingerprint density at radius 1 is 1.29 bits per heavy atom. The molecule has 2 aromatic rings. The van der Waals surface area contributed by atoms with Gasteiger partial charge in [-0.05, 0) is 28.5 Å². The SMILES string of the molecule is O=Cc1ccc(-c2ccsc2)c(Cl)c1. The lowest BCUT2D eigenvalue weighted by Gasteiger charge is -2.01. The first kappa shape index (κ1) is 9.44. The Morgan fingerprint density at radius 3 is 2.71 bits per heavy atom. The molecule has 0 atom stereocenters. The van der Waals surface area contributed by atoms with Crippen LogP contribution in [0.5, 0.6) is 0 Å². The van der Waals surface area contributed by atoms with E-state index in [0.29, 0.717) is 10.6 Å². The Hall–Kier alpha value is -1.12. The molecule has 3 heteroatoms. The monoisotopic (exact) mass is 222 g/mol. The lowest BCUT2D eigenvalue weighted by molar-refractivity contribution is 0.112. The second kappa shape index (κ2) is 3.95. The minimum atomic E-state index is 0.606. The number of halogens is 1. The third-order valence-corrected chi connectivity index (χ3v) is 2.96. The van der Waals surface area contributed by atoms with E-state index in [4.69, 9.17) is 11.6 Å². The molecule has 0 amide bonds. The van der Waals surface area contributed by atoms with Crippen LogP contribution < -0.4 is 0 Å². The summed E-state index contributed by atoms with van der Waals surface area (Å²) in [4.78, 5) is 10.5. The van der Waals surface area contributed by atoms with Gasteiger partial charge in [-0.2, -0.15) is 11.3 Å². The average molecular weight is 223 g/mol. The van der Waals surface area contributed by atoms with Gasteiger partial charge in [-0.3, -0.25) is 4.79 Å². The standard InChI is InChI=1S/C11H7ClOS/c12-11-5-8(6-13)1-2-10(11)9-3-4-14-7-9/h1-7H. The molecule has 1 aromatic heterocycles. The molecule has 0 aliphatic carbocycles. The second-order valence-electron chi connectivity index (χ2n) is 2.87. The largest absolute Gasteiger partial charge is 0.298 e. The lowest BCUT2D eigenvalue weighted by Crippen LogP contribution is -1.81. The molecular formula is C11H7ClOS. The first-order valence-corrected chi connectivity index (χ1v) is 5.40. The van der Waals surface area contributed by atoms with Crippen LogP contribution in [-0.4, -0.2) is 6.29 Å². The molecule has 0 saturated carbocycles. The highest BCUT2D eigenvalue weighted by molar-refractivity contribution is 7.08. The van der Waals surface area contributed by atoms with Crippen molar-refractivity contribution in [3.8, 4) is 11.1 Å². The van der Waals surface area contributed by atoms with Crippen LogP contribution in [0.1, 0.15) is 10.4 Å². The highest BCUT2D eigenvalue weighted by atomic mass is 35.5. The molecule has 0 radical (unpaired) electrons. The molecule has 14 heavy (non-hydrogen) atoms. The normalized spacial score (nSPS) is 10.1. The number of thiophene rings is 1. The van der Waals surface area contributed by atoms with Crippen molar-refractivity contribution in [3.63, 3.8) is 0 Å². The minimum Gasteiger partial charge on any atom is -0.298 e. The molecule has 1 nitrogen and oxygen atoms in total. The van der Waals surface area contributed by atoms with Gasteiger partial charge < -0.3 is 0 Å². The van der Waals surface area contributed by atoms with Gasteiger partial charge in [-0.25, -0.2) is 0 Å². The Bertz CT molecular complexity index is 448. The van der Waals surface area contributed by atoms with Gasteiger partial charge in [-0.1, -0.05) is 23.7 Å². The van der Waals surface area contributed by atoms with Crippen molar-refractivity contribution in [1.82, 2.24) is 0 Å². The predicted octanol–water partition coefficient (Wildman–Crippen LogP) is 3.88. The highest BCUT2D eigenvalue weighted by Crippen LogP contribution is 2.29. The maximum Gasteiger partial charge on any atom is 0.150 e. The van der Waals surface area contributed by atoms with E-state index in [2.05, 4.69) is 0 Å². The van der Waals surface area contributed by atoms with Crippen molar-refractivity contribution < 1.29 is 4.79 Å². The third kappa shape index (κ3) is 1.72. The number of carbonyl (C=O) groups excluding carboxylic acids is 1. The number of hydrogen-bond acceptors (Lipinski definition) is 2. The van der Waals surface area contributed by atoms with E-state index < -0.39 is 0 Å². The Labute approximate surface area is 91.0 Å². The van der Waals surface area contributed by atoms with Gasteiger partial charge >= 0.3 is 0 Å². The van der Waals surface area contributed by atoms with Gasteiger partial charge in [0.15, 0.2) is 0 Å². The molecule has 70 valence electrons. The van der Waals surface area contributed by atoms with Crippen LogP contribution in [0.4, 0.5) is 0 Å². The number of carbonyl (C=O) groups is 1. The second-order valence-corrected chi connectivity index (χ2v) is 4.06. The molecule has 0 N–H and O–H groups in total. The highest BCUT2D eigenvalue weighted by Gasteiger charge is 2.04. The first-order chi connectivity index (χ1) is 6.81. The van der Waals surface area contributed by atoms with E-state index in [9.17, 15) is 4.79 Å². The maximum absolute atomic E-state index is 10.5. The van der Waals surface area contributed by atoms with E-state index in [-0.39, 0.29) is 0 Å². The van der Waals surface area contributed by atoms with Crippen molar-refractivity contribution in [3.05, 3.63) is 45.6 Å². The van der Waals surface area contributed by atoms with Crippen LogP contribution in [0.2, 0.25) is 5.02 Å². The summed E-state index contributed by atoms with van der Waals surface area (Å²) in [6.07, 6.45) is 0.795. The maximum atomic E-state index is 10.5. The summed E-state index contributed by atoms with van der Waals surface area (Å²) < 4.78 is 0. The van der Waals surface area contributed by atoms with Crippen LogP contribution in [-0.2, 0) is 0 Å². The summed E-state index contributed by atoms with van der Waals surface area (Å²) >= 11 is 7.67. The smallest absolute Gasteiger partial charge is 0.150 e. The molecule has 0 spiro atoms. The Kier molecular flexibility index (Phi) is 2.66. The van der Waals surface area contributed by atoms with Crippen molar-refractivity contribution >= 4 is 29.2 Å². The molecule has 2 rings (SSSR count). The summed E-state index contributed by atoms with van der Waals surface area (Å²) in [5, 5.41) is 4.65. The van der Waals surface area contributed by atoms with Crippen molar-refractivity contribution in [2.75, 3.05) is 0 Å². The fourth-order valence-corrected chi connectivity index (χ4v) is 2.21. The molecule has 1 heterocycles. The molecule has 0 aliphatic rings. The fourth-order valence-electron chi connectivity index (χ4n) is 1.26. The number of rotatable bonds is 2.